The second-order valence-electron chi connectivity index (χ2n) is 5.77. The summed E-state index contributed by atoms with van der Waals surface area (Å²) in [6.45, 7) is 1.99. The number of aryl methyl sites for hydroxylation is 1. The van der Waals surface area contributed by atoms with Crippen LogP contribution in [-0.4, -0.2) is 33.8 Å². The lowest BCUT2D eigenvalue weighted by Crippen LogP contribution is -2.04. The first-order valence-electron chi connectivity index (χ1n) is 8.22. The summed E-state index contributed by atoms with van der Waals surface area (Å²) < 4.78 is 26.9. The van der Waals surface area contributed by atoms with E-state index in [1.165, 1.54) is 6.07 Å². The number of ether oxygens (including phenoxy) is 2. The van der Waals surface area contributed by atoms with Gasteiger partial charge in [-0.3, -0.25) is 4.40 Å². The van der Waals surface area contributed by atoms with Crippen LogP contribution in [0.1, 0.15) is 12.7 Å². The molecule has 0 unspecified atom stereocenters. The van der Waals surface area contributed by atoms with Gasteiger partial charge in [0.2, 0.25) is 0 Å². The quantitative estimate of drug-likeness (QED) is 0.561. The minimum Gasteiger partial charge on any atom is -0.493 e. The van der Waals surface area contributed by atoms with Crippen LogP contribution in [0.3, 0.4) is 0 Å². The molecule has 0 saturated carbocycles. The molecule has 0 atom stereocenters. The molecule has 2 aromatic heterocycles. The van der Waals surface area contributed by atoms with E-state index in [4.69, 9.17) is 14.5 Å². The zero-order valence-corrected chi connectivity index (χ0v) is 14.7. The van der Waals surface area contributed by atoms with Crippen molar-refractivity contribution in [2.24, 2.45) is 0 Å². The summed E-state index contributed by atoms with van der Waals surface area (Å²) >= 11 is 0. The highest BCUT2D eigenvalue weighted by molar-refractivity contribution is 5.94. The fourth-order valence-corrected chi connectivity index (χ4v) is 3.09. The van der Waals surface area contributed by atoms with Gasteiger partial charge in [-0.1, -0.05) is 19.1 Å². The maximum Gasteiger partial charge on any atom is 0.172 e. The molecular formula is C19H17FN4O2. The van der Waals surface area contributed by atoms with E-state index in [-0.39, 0.29) is 5.82 Å². The Morgan fingerprint density at radius 3 is 2.46 bits per heavy atom. The van der Waals surface area contributed by atoms with Gasteiger partial charge >= 0.3 is 0 Å². The van der Waals surface area contributed by atoms with Crippen molar-refractivity contribution in [2.45, 2.75) is 13.3 Å². The number of benzene rings is 2. The van der Waals surface area contributed by atoms with Crippen molar-refractivity contribution in [1.82, 2.24) is 19.6 Å². The van der Waals surface area contributed by atoms with Gasteiger partial charge in [-0.05, 0) is 18.2 Å². The maximum absolute atomic E-state index is 14.3. The van der Waals surface area contributed by atoms with Gasteiger partial charge in [-0.2, -0.15) is 0 Å². The molecule has 2 aromatic carbocycles. The Kier molecular flexibility index (Phi) is 3.91. The highest BCUT2D eigenvalue weighted by atomic mass is 19.1. The molecule has 0 aliphatic carbocycles. The molecule has 0 aliphatic rings. The fourth-order valence-electron chi connectivity index (χ4n) is 3.09. The average molecular weight is 352 g/mol. The SMILES string of the molecule is CCc1nc2cc(OC)c(OC)cc2c2nnc(-c3ccccc3F)n12. The van der Waals surface area contributed by atoms with Gasteiger partial charge in [0.1, 0.15) is 11.6 Å². The smallest absolute Gasteiger partial charge is 0.172 e. The molecule has 26 heavy (non-hydrogen) atoms. The monoisotopic (exact) mass is 352 g/mol. The maximum atomic E-state index is 14.3. The van der Waals surface area contributed by atoms with Gasteiger partial charge in [-0.25, -0.2) is 9.37 Å². The van der Waals surface area contributed by atoms with Gasteiger partial charge < -0.3 is 9.47 Å². The highest BCUT2D eigenvalue weighted by Gasteiger charge is 2.19. The van der Waals surface area contributed by atoms with E-state index in [1.807, 2.05) is 19.1 Å². The molecule has 0 N–H and O–H groups in total. The molecule has 132 valence electrons. The van der Waals surface area contributed by atoms with Crippen molar-refractivity contribution in [2.75, 3.05) is 14.2 Å². The van der Waals surface area contributed by atoms with E-state index in [2.05, 4.69) is 10.2 Å². The zero-order chi connectivity index (χ0) is 18.3. The lowest BCUT2D eigenvalue weighted by Gasteiger charge is -2.12. The van der Waals surface area contributed by atoms with Gasteiger partial charge in [0.05, 0.1) is 25.3 Å². The Morgan fingerprint density at radius 1 is 1.04 bits per heavy atom. The third-order valence-corrected chi connectivity index (χ3v) is 4.34. The predicted molar refractivity (Wildman–Crippen MR) is 96.2 cm³/mol. The number of aromatic nitrogens is 4. The Bertz CT molecular complexity index is 1120. The van der Waals surface area contributed by atoms with Crippen LogP contribution < -0.4 is 9.47 Å². The third-order valence-electron chi connectivity index (χ3n) is 4.34. The van der Waals surface area contributed by atoms with Crippen LogP contribution in [-0.2, 0) is 6.42 Å². The topological polar surface area (TPSA) is 61.5 Å². The summed E-state index contributed by atoms with van der Waals surface area (Å²) in [4.78, 5) is 4.72. The van der Waals surface area contributed by atoms with E-state index in [9.17, 15) is 4.39 Å². The molecule has 0 saturated heterocycles. The van der Waals surface area contributed by atoms with Crippen molar-refractivity contribution in [3.63, 3.8) is 0 Å². The minimum atomic E-state index is -0.351. The summed E-state index contributed by atoms with van der Waals surface area (Å²) in [5.74, 6) is 1.98. The Balaban J connectivity index is 2.10. The molecule has 0 spiro atoms. The van der Waals surface area contributed by atoms with Crippen LogP contribution in [0, 0.1) is 5.82 Å². The first-order chi connectivity index (χ1) is 12.7. The number of halogens is 1. The van der Waals surface area contributed by atoms with E-state index >= 15 is 0 Å². The summed E-state index contributed by atoms with van der Waals surface area (Å²) in [6.07, 6.45) is 0.639. The van der Waals surface area contributed by atoms with Crippen molar-refractivity contribution in [1.29, 1.82) is 0 Å². The first kappa shape index (κ1) is 16.3. The lowest BCUT2D eigenvalue weighted by molar-refractivity contribution is 0.356. The number of hydrogen-bond donors (Lipinski definition) is 0. The summed E-state index contributed by atoms with van der Waals surface area (Å²) in [6, 6.07) is 10.1. The first-order valence-corrected chi connectivity index (χ1v) is 8.22. The largest absolute Gasteiger partial charge is 0.493 e. The molecule has 7 heteroatoms. The Hall–Kier alpha value is -3.22. The van der Waals surface area contributed by atoms with Gasteiger partial charge in [0.15, 0.2) is 23.0 Å². The molecule has 4 rings (SSSR count). The molecule has 0 bridgehead atoms. The Labute approximate surface area is 149 Å². The third kappa shape index (κ3) is 2.35. The van der Waals surface area contributed by atoms with Crippen molar-refractivity contribution < 1.29 is 13.9 Å². The number of fused-ring (bicyclic) bond motifs is 3. The molecule has 6 nitrogen and oxygen atoms in total. The summed E-state index contributed by atoms with van der Waals surface area (Å²) in [5.41, 5.74) is 1.71. The molecule has 2 heterocycles. The van der Waals surface area contributed by atoms with Crippen LogP contribution in [0.15, 0.2) is 36.4 Å². The molecule has 0 aliphatic heterocycles. The van der Waals surface area contributed by atoms with Crippen LogP contribution in [0.5, 0.6) is 11.5 Å². The van der Waals surface area contributed by atoms with Gasteiger partial charge in [-0.15, -0.1) is 10.2 Å². The minimum absolute atomic E-state index is 0.351. The molecule has 0 radical (unpaired) electrons. The molecule has 4 aromatic rings. The fraction of sp³-hybridized carbons (Fsp3) is 0.211. The molecular weight excluding hydrogens is 335 g/mol. The lowest BCUT2D eigenvalue weighted by atomic mass is 10.2. The highest BCUT2D eigenvalue weighted by Crippen LogP contribution is 2.34. The van der Waals surface area contributed by atoms with Crippen LogP contribution >= 0.6 is 0 Å². The van der Waals surface area contributed by atoms with E-state index < -0.39 is 0 Å². The number of methoxy groups -OCH3 is 2. The van der Waals surface area contributed by atoms with Crippen LogP contribution in [0.25, 0.3) is 27.9 Å². The van der Waals surface area contributed by atoms with E-state index in [0.717, 1.165) is 16.7 Å². The second kappa shape index (κ2) is 6.25. The second-order valence-corrected chi connectivity index (χ2v) is 5.77. The predicted octanol–water partition coefficient (Wildman–Crippen LogP) is 3.66. The number of hydrogen-bond acceptors (Lipinski definition) is 5. The summed E-state index contributed by atoms with van der Waals surface area (Å²) in [5, 5.41) is 9.32. The van der Waals surface area contributed by atoms with E-state index in [0.29, 0.717) is 35.0 Å². The van der Waals surface area contributed by atoms with Crippen molar-refractivity contribution in [3.8, 4) is 22.9 Å². The normalized spacial score (nSPS) is 11.2. The summed E-state index contributed by atoms with van der Waals surface area (Å²) in [7, 11) is 3.15. The van der Waals surface area contributed by atoms with Crippen molar-refractivity contribution >= 4 is 16.6 Å². The van der Waals surface area contributed by atoms with Crippen LogP contribution in [0.2, 0.25) is 0 Å². The van der Waals surface area contributed by atoms with Crippen LogP contribution in [0.4, 0.5) is 4.39 Å². The average Bonchev–Trinajstić information content (AvgIpc) is 3.11. The zero-order valence-electron chi connectivity index (χ0n) is 14.7. The Morgan fingerprint density at radius 2 is 1.77 bits per heavy atom. The molecule has 0 amide bonds. The molecule has 0 fully saturated rings. The van der Waals surface area contributed by atoms with E-state index in [1.54, 1.807) is 36.8 Å². The van der Waals surface area contributed by atoms with Gasteiger partial charge in [0.25, 0.3) is 0 Å². The van der Waals surface area contributed by atoms with Gasteiger partial charge in [0, 0.05) is 17.9 Å². The number of nitrogens with zero attached hydrogens (tertiary/aromatic N) is 4. The van der Waals surface area contributed by atoms with Crippen molar-refractivity contribution in [3.05, 3.63) is 48.0 Å². The number of rotatable bonds is 4. The standard InChI is InChI=1S/C19H17FN4O2/c1-4-17-21-14-10-16(26-3)15(25-2)9-12(14)19-23-22-18(24(17)19)11-7-5-6-8-13(11)20/h5-10H,4H2,1-3H3.